The van der Waals surface area contributed by atoms with Gasteiger partial charge in [-0.3, -0.25) is 4.98 Å². The lowest BCUT2D eigenvalue weighted by Crippen LogP contribution is -2.33. The lowest BCUT2D eigenvalue weighted by atomic mass is 9.94. The van der Waals surface area contributed by atoms with Crippen LogP contribution in [0.4, 0.5) is 0 Å². The largest absolute Gasteiger partial charge is 0.378 e. The van der Waals surface area contributed by atoms with Crippen molar-refractivity contribution < 1.29 is 14.2 Å². The van der Waals surface area contributed by atoms with Crippen LogP contribution >= 0.6 is 0 Å². The normalized spacial score (nSPS) is 31.1. The highest BCUT2D eigenvalue weighted by Gasteiger charge is 2.24. The predicted molar refractivity (Wildman–Crippen MR) is 93.8 cm³/mol. The molecule has 0 bridgehead atoms. The van der Waals surface area contributed by atoms with Gasteiger partial charge in [-0.25, -0.2) is 0 Å². The van der Waals surface area contributed by atoms with Gasteiger partial charge in [0.15, 0.2) is 6.29 Å². The zero-order valence-electron chi connectivity index (χ0n) is 15.1. The molecule has 0 radical (unpaired) electrons. The second-order valence-electron chi connectivity index (χ2n) is 7.47. The maximum absolute atomic E-state index is 5.93. The second-order valence-corrected chi connectivity index (χ2v) is 7.47. The van der Waals surface area contributed by atoms with Crippen LogP contribution in [0.25, 0.3) is 0 Å². The van der Waals surface area contributed by atoms with E-state index in [1.54, 1.807) is 0 Å². The van der Waals surface area contributed by atoms with E-state index in [9.17, 15) is 0 Å². The highest BCUT2D eigenvalue weighted by Crippen LogP contribution is 2.26. The van der Waals surface area contributed by atoms with Crippen molar-refractivity contribution in [1.29, 1.82) is 0 Å². The maximum Gasteiger partial charge on any atom is 0.157 e. The number of aryl methyl sites for hydroxylation is 2. The molecule has 0 N–H and O–H groups in total. The van der Waals surface area contributed by atoms with Crippen LogP contribution in [-0.4, -0.2) is 37.2 Å². The Morgan fingerprint density at radius 3 is 2.42 bits per heavy atom. The molecular formula is C20H31NO3. The molecule has 0 saturated carbocycles. The van der Waals surface area contributed by atoms with Crippen LogP contribution in [0, 0.1) is 18.8 Å². The number of aromatic nitrogens is 1. The second kappa shape index (κ2) is 8.93. The molecule has 4 nitrogen and oxygen atoms in total. The summed E-state index contributed by atoms with van der Waals surface area (Å²) in [6.45, 7) is 6.73. The van der Waals surface area contributed by atoms with E-state index < -0.39 is 0 Å². The van der Waals surface area contributed by atoms with E-state index in [4.69, 9.17) is 14.2 Å². The number of hydrogen-bond donors (Lipinski definition) is 0. The molecule has 0 aromatic carbocycles. The van der Waals surface area contributed by atoms with Crippen molar-refractivity contribution in [3.63, 3.8) is 0 Å². The van der Waals surface area contributed by atoms with E-state index in [1.165, 1.54) is 18.4 Å². The fraction of sp³-hybridized carbons (Fsp3) is 0.750. The minimum Gasteiger partial charge on any atom is -0.378 e. The van der Waals surface area contributed by atoms with Gasteiger partial charge in [0.2, 0.25) is 0 Å². The molecule has 1 aromatic heterocycles. The number of nitrogens with zero attached hydrogens (tertiary/aromatic N) is 1. The van der Waals surface area contributed by atoms with Crippen LogP contribution < -0.4 is 0 Å². The minimum absolute atomic E-state index is 0.0124. The van der Waals surface area contributed by atoms with E-state index in [0.717, 1.165) is 51.2 Å². The van der Waals surface area contributed by atoms with Crippen molar-refractivity contribution in [2.24, 2.45) is 11.8 Å². The molecule has 0 amide bonds. The van der Waals surface area contributed by atoms with E-state index in [-0.39, 0.29) is 6.29 Å². The molecule has 4 heteroatoms. The molecule has 24 heavy (non-hydrogen) atoms. The Morgan fingerprint density at radius 2 is 1.75 bits per heavy atom. The first-order chi connectivity index (χ1) is 11.7. The van der Waals surface area contributed by atoms with Crippen LogP contribution in [0.2, 0.25) is 0 Å². The lowest BCUT2D eigenvalue weighted by molar-refractivity contribution is -0.205. The van der Waals surface area contributed by atoms with Crippen molar-refractivity contribution in [3.8, 4) is 0 Å². The first-order valence-corrected chi connectivity index (χ1v) is 9.45. The van der Waals surface area contributed by atoms with Gasteiger partial charge in [-0.1, -0.05) is 6.07 Å². The smallest absolute Gasteiger partial charge is 0.157 e. The maximum atomic E-state index is 5.93. The van der Waals surface area contributed by atoms with Crippen LogP contribution in [0.5, 0.6) is 0 Å². The van der Waals surface area contributed by atoms with Gasteiger partial charge in [0.05, 0.1) is 19.3 Å². The quantitative estimate of drug-likeness (QED) is 0.791. The summed E-state index contributed by atoms with van der Waals surface area (Å²) < 4.78 is 17.6. The van der Waals surface area contributed by atoms with E-state index >= 15 is 0 Å². The summed E-state index contributed by atoms with van der Waals surface area (Å²) in [5.41, 5.74) is 2.37. The summed E-state index contributed by atoms with van der Waals surface area (Å²) in [4.78, 5) is 4.36. The van der Waals surface area contributed by atoms with Crippen LogP contribution in [0.1, 0.15) is 50.3 Å². The summed E-state index contributed by atoms with van der Waals surface area (Å²) in [7, 11) is 0. The molecule has 3 heterocycles. The van der Waals surface area contributed by atoms with Crippen molar-refractivity contribution in [2.75, 3.05) is 19.8 Å². The van der Waals surface area contributed by atoms with Crippen molar-refractivity contribution in [2.45, 2.75) is 64.8 Å². The average molecular weight is 333 g/mol. The van der Waals surface area contributed by atoms with Gasteiger partial charge in [-0.05, 0) is 69.9 Å². The van der Waals surface area contributed by atoms with Gasteiger partial charge in [0.1, 0.15) is 0 Å². The Labute approximate surface area is 145 Å². The summed E-state index contributed by atoms with van der Waals surface area (Å²) in [6, 6.07) is 4.25. The van der Waals surface area contributed by atoms with Crippen molar-refractivity contribution >= 4 is 0 Å². The van der Waals surface area contributed by atoms with Gasteiger partial charge in [-0.15, -0.1) is 0 Å². The molecule has 0 spiro atoms. The first-order valence-electron chi connectivity index (χ1n) is 9.45. The third kappa shape index (κ3) is 5.54. The third-order valence-corrected chi connectivity index (χ3v) is 5.26. The van der Waals surface area contributed by atoms with Crippen molar-refractivity contribution in [3.05, 3.63) is 29.6 Å². The van der Waals surface area contributed by atoms with Gasteiger partial charge >= 0.3 is 0 Å². The molecule has 134 valence electrons. The monoisotopic (exact) mass is 333 g/mol. The number of hydrogen-bond acceptors (Lipinski definition) is 4. The molecule has 2 fully saturated rings. The Kier molecular flexibility index (Phi) is 6.64. The molecule has 2 unspecified atom stereocenters. The highest BCUT2D eigenvalue weighted by atomic mass is 16.7. The molecule has 2 aliphatic heterocycles. The summed E-state index contributed by atoms with van der Waals surface area (Å²) in [6.07, 6.45) is 9.17. The topological polar surface area (TPSA) is 40.6 Å². The molecule has 0 aliphatic carbocycles. The summed E-state index contributed by atoms with van der Waals surface area (Å²) in [5.74, 6) is 1.18. The fourth-order valence-electron chi connectivity index (χ4n) is 3.47. The third-order valence-electron chi connectivity index (χ3n) is 5.26. The number of ether oxygens (including phenoxy) is 3. The number of pyridine rings is 1. The van der Waals surface area contributed by atoms with Gasteiger partial charge in [0, 0.05) is 24.4 Å². The Morgan fingerprint density at radius 1 is 0.958 bits per heavy atom. The summed E-state index contributed by atoms with van der Waals surface area (Å²) in [5, 5.41) is 0. The zero-order valence-corrected chi connectivity index (χ0v) is 15.1. The Hall–Kier alpha value is -0.970. The number of rotatable bonds is 6. The van der Waals surface area contributed by atoms with E-state index in [2.05, 4.69) is 24.0 Å². The lowest BCUT2D eigenvalue weighted by Gasteiger charge is -2.31. The Balaban J connectivity index is 1.30. The predicted octanol–water partition coefficient (Wildman–Crippen LogP) is 3.91. The van der Waals surface area contributed by atoms with E-state index in [0.29, 0.717) is 17.9 Å². The standard InChI is InChI=1S/C20H31NO3/c1-15-3-5-17(11-21-15)7-8-19-13-23-20(24-14-19)10-9-18-6-4-16(2)22-12-18/h3,5,11,16,18-20H,4,6-10,12-14H2,1-2H3. The van der Waals surface area contributed by atoms with Crippen LogP contribution in [0.15, 0.2) is 18.3 Å². The van der Waals surface area contributed by atoms with Gasteiger partial charge < -0.3 is 14.2 Å². The molecule has 2 saturated heterocycles. The van der Waals surface area contributed by atoms with Crippen molar-refractivity contribution in [1.82, 2.24) is 4.98 Å². The molecule has 3 rings (SSSR count). The SMILES string of the molecule is Cc1ccc(CCC2COC(CCC3CCC(C)OC3)OC2)cn1. The average Bonchev–Trinajstić information content (AvgIpc) is 2.62. The zero-order chi connectivity index (χ0) is 16.8. The highest BCUT2D eigenvalue weighted by molar-refractivity contribution is 5.13. The fourth-order valence-corrected chi connectivity index (χ4v) is 3.47. The first kappa shape index (κ1) is 17.8. The van der Waals surface area contributed by atoms with E-state index in [1.807, 2.05) is 13.1 Å². The Bertz CT molecular complexity index is 474. The molecule has 2 aliphatic rings. The van der Waals surface area contributed by atoms with Crippen LogP contribution in [-0.2, 0) is 20.6 Å². The summed E-state index contributed by atoms with van der Waals surface area (Å²) >= 11 is 0. The van der Waals surface area contributed by atoms with Gasteiger partial charge in [0.25, 0.3) is 0 Å². The van der Waals surface area contributed by atoms with Crippen LogP contribution in [0.3, 0.4) is 0 Å². The molecular weight excluding hydrogens is 302 g/mol. The minimum atomic E-state index is -0.0124. The molecule has 2 atom stereocenters. The molecule has 1 aromatic rings. The van der Waals surface area contributed by atoms with Gasteiger partial charge in [-0.2, -0.15) is 0 Å².